The third-order valence-corrected chi connectivity index (χ3v) is 4.95. The Bertz CT molecular complexity index is 557. The van der Waals surface area contributed by atoms with Crippen molar-refractivity contribution in [2.24, 2.45) is 0 Å². The molecule has 1 atom stereocenters. The van der Waals surface area contributed by atoms with E-state index in [9.17, 15) is 13.2 Å². The van der Waals surface area contributed by atoms with Crippen LogP contribution in [0.1, 0.15) is 12.0 Å². The predicted octanol–water partition coefficient (Wildman–Crippen LogP) is 1.33. The summed E-state index contributed by atoms with van der Waals surface area (Å²) in [4.78, 5) is 11.6. The normalized spacial score (nSPS) is 21.0. The van der Waals surface area contributed by atoms with Crippen molar-refractivity contribution in [2.75, 3.05) is 11.5 Å². The molecular weight excluding hydrogens is 288 g/mol. The molecule has 1 unspecified atom stereocenters. The molecule has 0 radical (unpaired) electrons. The van der Waals surface area contributed by atoms with Crippen LogP contribution >= 0.6 is 11.6 Å². The molecule has 0 aromatic heterocycles. The van der Waals surface area contributed by atoms with Crippen molar-refractivity contribution in [1.82, 2.24) is 10.6 Å². The summed E-state index contributed by atoms with van der Waals surface area (Å²) in [6.45, 7) is 0.377. The van der Waals surface area contributed by atoms with Gasteiger partial charge in [-0.3, -0.25) is 0 Å². The standard InChI is InChI=1S/C12H15ClN2O3S/c13-10-3-1-9(2-4-10)7-14-12(16)15-11-5-6-19(17,18)8-11/h1-4,11H,5-8H2,(H2,14,15,16). The van der Waals surface area contributed by atoms with Crippen LogP contribution in [0.4, 0.5) is 4.79 Å². The lowest BCUT2D eigenvalue weighted by molar-refractivity contribution is 0.237. The Morgan fingerprint density at radius 1 is 1.32 bits per heavy atom. The van der Waals surface area contributed by atoms with E-state index >= 15 is 0 Å². The van der Waals surface area contributed by atoms with Crippen molar-refractivity contribution < 1.29 is 13.2 Å². The molecule has 0 bridgehead atoms. The van der Waals surface area contributed by atoms with Crippen LogP contribution in [0.15, 0.2) is 24.3 Å². The molecule has 1 fully saturated rings. The monoisotopic (exact) mass is 302 g/mol. The van der Waals surface area contributed by atoms with Crippen LogP contribution in [0, 0.1) is 0 Å². The van der Waals surface area contributed by atoms with Gasteiger partial charge in [0.2, 0.25) is 0 Å². The highest BCUT2D eigenvalue weighted by atomic mass is 35.5. The van der Waals surface area contributed by atoms with Crippen LogP contribution < -0.4 is 10.6 Å². The molecule has 2 amide bonds. The Morgan fingerprint density at radius 3 is 2.58 bits per heavy atom. The average molecular weight is 303 g/mol. The van der Waals surface area contributed by atoms with Gasteiger partial charge >= 0.3 is 6.03 Å². The van der Waals surface area contributed by atoms with Gasteiger partial charge < -0.3 is 10.6 Å². The fourth-order valence-corrected chi connectivity index (χ4v) is 3.73. The lowest BCUT2D eigenvalue weighted by Crippen LogP contribution is -2.42. The summed E-state index contributed by atoms with van der Waals surface area (Å²) in [6, 6.07) is 6.51. The van der Waals surface area contributed by atoms with E-state index in [1.807, 2.05) is 12.1 Å². The largest absolute Gasteiger partial charge is 0.334 e. The van der Waals surface area contributed by atoms with Crippen LogP contribution in [0.25, 0.3) is 0 Å². The molecule has 1 aliphatic heterocycles. The summed E-state index contributed by atoms with van der Waals surface area (Å²) in [6.07, 6.45) is 0.483. The van der Waals surface area contributed by atoms with E-state index in [0.717, 1.165) is 5.56 Å². The summed E-state index contributed by atoms with van der Waals surface area (Å²) in [5.74, 6) is 0.177. The topological polar surface area (TPSA) is 75.3 Å². The maximum absolute atomic E-state index is 11.6. The van der Waals surface area contributed by atoms with Gasteiger partial charge in [-0.1, -0.05) is 23.7 Å². The highest BCUT2D eigenvalue weighted by Gasteiger charge is 2.28. The van der Waals surface area contributed by atoms with Crippen LogP contribution in [-0.2, 0) is 16.4 Å². The Labute approximate surface area is 117 Å². The van der Waals surface area contributed by atoms with Crippen molar-refractivity contribution in [3.8, 4) is 0 Å². The number of benzene rings is 1. The highest BCUT2D eigenvalue weighted by Crippen LogP contribution is 2.11. The third kappa shape index (κ3) is 4.40. The predicted molar refractivity (Wildman–Crippen MR) is 73.9 cm³/mol. The first-order valence-electron chi connectivity index (χ1n) is 5.94. The van der Waals surface area contributed by atoms with E-state index in [1.54, 1.807) is 12.1 Å². The molecule has 1 aromatic carbocycles. The summed E-state index contributed by atoms with van der Waals surface area (Å²) in [5.41, 5.74) is 0.929. The van der Waals surface area contributed by atoms with Crippen LogP contribution in [0.2, 0.25) is 5.02 Å². The first-order chi connectivity index (χ1) is 8.94. The number of hydrogen-bond acceptors (Lipinski definition) is 3. The number of urea groups is 1. The first-order valence-corrected chi connectivity index (χ1v) is 8.14. The van der Waals surface area contributed by atoms with Crippen molar-refractivity contribution in [3.05, 3.63) is 34.9 Å². The highest BCUT2D eigenvalue weighted by molar-refractivity contribution is 7.91. The maximum atomic E-state index is 11.6. The Kier molecular flexibility index (Phi) is 4.31. The molecule has 1 heterocycles. The second-order valence-corrected chi connectivity index (χ2v) is 7.22. The van der Waals surface area contributed by atoms with Gasteiger partial charge in [0.25, 0.3) is 0 Å². The molecule has 2 N–H and O–H groups in total. The zero-order valence-electron chi connectivity index (χ0n) is 10.2. The van der Waals surface area contributed by atoms with E-state index in [0.29, 0.717) is 18.0 Å². The fourth-order valence-electron chi connectivity index (χ4n) is 1.93. The van der Waals surface area contributed by atoms with E-state index < -0.39 is 9.84 Å². The lowest BCUT2D eigenvalue weighted by Gasteiger charge is -2.12. The van der Waals surface area contributed by atoms with Crippen molar-refractivity contribution in [2.45, 2.75) is 19.0 Å². The molecule has 5 nitrogen and oxygen atoms in total. The molecule has 1 aliphatic rings. The Balaban J connectivity index is 1.77. The van der Waals surface area contributed by atoms with Crippen LogP contribution in [0.3, 0.4) is 0 Å². The number of sulfone groups is 1. The van der Waals surface area contributed by atoms with Crippen molar-refractivity contribution in [1.29, 1.82) is 0 Å². The molecule has 0 spiro atoms. The molecule has 7 heteroatoms. The number of carbonyl (C=O) groups excluding carboxylic acids is 1. The summed E-state index contributed by atoms with van der Waals surface area (Å²) in [7, 11) is -2.97. The SMILES string of the molecule is O=C(NCc1ccc(Cl)cc1)NC1CCS(=O)(=O)C1. The van der Waals surface area contributed by atoms with Gasteiger partial charge in [0.15, 0.2) is 9.84 Å². The fraction of sp³-hybridized carbons (Fsp3) is 0.417. The van der Waals surface area contributed by atoms with E-state index in [1.165, 1.54) is 0 Å². The van der Waals surface area contributed by atoms with Gasteiger partial charge in [-0.25, -0.2) is 13.2 Å². The van der Waals surface area contributed by atoms with Gasteiger partial charge in [-0.2, -0.15) is 0 Å². The third-order valence-electron chi connectivity index (χ3n) is 2.93. The smallest absolute Gasteiger partial charge is 0.315 e. The molecule has 2 rings (SSSR count). The zero-order chi connectivity index (χ0) is 13.9. The minimum atomic E-state index is -2.97. The quantitative estimate of drug-likeness (QED) is 0.884. The number of hydrogen-bond donors (Lipinski definition) is 2. The zero-order valence-corrected chi connectivity index (χ0v) is 11.8. The molecule has 104 valence electrons. The van der Waals surface area contributed by atoms with Crippen LogP contribution in [0.5, 0.6) is 0 Å². The molecule has 0 aliphatic carbocycles. The number of amides is 2. The number of rotatable bonds is 3. The summed E-state index contributed by atoms with van der Waals surface area (Å²) in [5, 5.41) is 5.99. The van der Waals surface area contributed by atoms with Gasteiger partial charge in [0, 0.05) is 17.6 Å². The van der Waals surface area contributed by atoms with Gasteiger partial charge in [-0.05, 0) is 24.1 Å². The lowest BCUT2D eigenvalue weighted by atomic mass is 10.2. The number of halogens is 1. The molecule has 19 heavy (non-hydrogen) atoms. The minimum absolute atomic E-state index is 0.0291. The van der Waals surface area contributed by atoms with Crippen molar-refractivity contribution >= 4 is 27.5 Å². The maximum Gasteiger partial charge on any atom is 0.315 e. The van der Waals surface area contributed by atoms with E-state index in [-0.39, 0.29) is 23.6 Å². The Morgan fingerprint density at radius 2 is 2.00 bits per heavy atom. The molecule has 1 aromatic rings. The second-order valence-electron chi connectivity index (χ2n) is 4.55. The number of nitrogens with one attached hydrogen (secondary N) is 2. The molecule has 0 saturated carbocycles. The van der Waals surface area contributed by atoms with Crippen LogP contribution in [-0.4, -0.2) is 32.0 Å². The molecular formula is C12H15ClN2O3S. The van der Waals surface area contributed by atoms with Crippen molar-refractivity contribution in [3.63, 3.8) is 0 Å². The second kappa shape index (κ2) is 5.79. The first kappa shape index (κ1) is 14.1. The summed E-state index contributed by atoms with van der Waals surface area (Å²) >= 11 is 5.76. The van der Waals surface area contributed by atoms with Gasteiger partial charge in [0.05, 0.1) is 11.5 Å². The van der Waals surface area contributed by atoms with E-state index in [4.69, 9.17) is 11.6 Å². The van der Waals surface area contributed by atoms with Gasteiger partial charge in [0.1, 0.15) is 0 Å². The summed E-state index contributed by atoms with van der Waals surface area (Å²) < 4.78 is 22.5. The average Bonchev–Trinajstić information content (AvgIpc) is 2.68. The molecule has 1 saturated heterocycles. The van der Waals surface area contributed by atoms with E-state index in [2.05, 4.69) is 10.6 Å². The number of carbonyl (C=O) groups is 1. The Hall–Kier alpha value is -1.27. The minimum Gasteiger partial charge on any atom is -0.334 e. The van der Waals surface area contributed by atoms with Gasteiger partial charge in [-0.15, -0.1) is 0 Å².